The summed E-state index contributed by atoms with van der Waals surface area (Å²) >= 11 is 8.48. The van der Waals surface area contributed by atoms with Crippen LogP contribution < -0.4 is 10.2 Å². The lowest BCUT2D eigenvalue weighted by molar-refractivity contribution is 0.130. The first-order valence-corrected chi connectivity index (χ1v) is 18.3. The molecule has 5 aliphatic heterocycles. The van der Waals surface area contributed by atoms with E-state index in [4.69, 9.17) is 11.6 Å². The van der Waals surface area contributed by atoms with Crippen molar-refractivity contribution in [1.82, 2.24) is 4.31 Å². The summed E-state index contributed by atoms with van der Waals surface area (Å²) in [6.45, 7) is 9.72. The highest BCUT2D eigenvalue weighted by molar-refractivity contribution is 8.32. The Labute approximate surface area is 231 Å². The van der Waals surface area contributed by atoms with Crippen molar-refractivity contribution < 1.29 is 9.32 Å². The van der Waals surface area contributed by atoms with Crippen LogP contribution in [0.5, 0.6) is 0 Å². The van der Waals surface area contributed by atoms with E-state index in [1.54, 1.807) is 11.3 Å². The Morgan fingerprint density at radius 1 is 1.35 bits per heavy atom. The van der Waals surface area contributed by atoms with Gasteiger partial charge >= 0.3 is 0 Å². The molecule has 3 unspecified atom stereocenters. The number of thiophene rings is 1. The van der Waals surface area contributed by atoms with E-state index >= 15 is 4.21 Å². The maximum Gasteiger partial charge on any atom is 0.159 e. The van der Waals surface area contributed by atoms with Gasteiger partial charge in [-0.3, -0.25) is 0 Å². The van der Waals surface area contributed by atoms with Gasteiger partial charge in [0.1, 0.15) is 4.88 Å². The minimum Gasteiger partial charge on any atom is -0.399 e. The summed E-state index contributed by atoms with van der Waals surface area (Å²) in [5.74, 6) is 0.448. The molecule has 1 N–H and O–H groups in total. The number of halogens is 1. The first-order chi connectivity index (χ1) is 17.6. The monoisotopic (exact) mass is 574 g/mol. The van der Waals surface area contributed by atoms with Crippen LogP contribution >= 0.6 is 29.6 Å². The largest absolute Gasteiger partial charge is 0.399 e. The molecule has 0 amide bonds. The molecule has 1 aromatic carbocycles. The Bertz CT molecular complexity index is 1480. The van der Waals surface area contributed by atoms with Gasteiger partial charge in [-0.25, -0.2) is 4.21 Å². The predicted molar refractivity (Wildman–Crippen MR) is 160 cm³/mol. The fourth-order valence-electron chi connectivity index (χ4n) is 7.41. The van der Waals surface area contributed by atoms with Gasteiger partial charge < -0.3 is 10.0 Å². The summed E-state index contributed by atoms with van der Waals surface area (Å²) in [4.78, 5) is 4.81. The van der Waals surface area contributed by atoms with Gasteiger partial charge in [0, 0.05) is 35.4 Å². The van der Waals surface area contributed by atoms with Gasteiger partial charge in [0.2, 0.25) is 0 Å². The summed E-state index contributed by atoms with van der Waals surface area (Å²) < 4.78 is 18.1. The van der Waals surface area contributed by atoms with Crippen molar-refractivity contribution in [2.24, 2.45) is 0 Å². The average molecular weight is 575 g/mol. The number of aliphatic hydroxyl groups excluding tert-OH is 1. The molecule has 4 bridgehead atoms. The number of allylic oxidation sites excluding steroid dienone is 1. The van der Waals surface area contributed by atoms with E-state index in [0.29, 0.717) is 12.0 Å². The highest BCUT2D eigenvalue weighted by Crippen LogP contribution is 2.59. The van der Waals surface area contributed by atoms with E-state index in [2.05, 4.69) is 67.3 Å². The first kappa shape index (κ1) is 25.0. The van der Waals surface area contributed by atoms with E-state index in [-0.39, 0.29) is 16.9 Å². The van der Waals surface area contributed by atoms with E-state index in [0.717, 1.165) is 48.7 Å². The third-order valence-corrected chi connectivity index (χ3v) is 20.2. The molecule has 8 heteroatoms. The van der Waals surface area contributed by atoms with Crippen LogP contribution in [0.3, 0.4) is 0 Å². The number of hydrogen-bond donors (Lipinski definition) is 1. The Hall–Kier alpha value is -1.01. The van der Waals surface area contributed by atoms with Gasteiger partial charge in [0.15, 0.2) is 9.30 Å². The molecule has 1 spiro atoms. The van der Waals surface area contributed by atoms with Crippen molar-refractivity contribution in [2.45, 2.75) is 88.7 Å². The zero-order chi connectivity index (χ0) is 25.9. The van der Waals surface area contributed by atoms with Crippen molar-refractivity contribution in [3.05, 3.63) is 56.3 Å². The summed E-state index contributed by atoms with van der Waals surface area (Å²) in [7, 11) is -2.46. The van der Waals surface area contributed by atoms with Crippen LogP contribution in [-0.4, -0.2) is 43.0 Å². The van der Waals surface area contributed by atoms with Crippen molar-refractivity contribution in [1.29, 1.82) is 0 Å². The molecule has 6 aliphatic rings. The maximum atomic E-state index is 15.9. The molecule has 1 saturated carbocycles. The van der Waals surface area contributed by atoms with Gasteiger partial charge in [0.25, 0.3) is 0 Å². The molecule has 2 fully saturated rings. The number of aliphatic hydroxyl groups is 1. The molecule has 1 saturated heterocycles. The van der Waals surface area contributed by atoms with Crippen LogP contribution in [0.1, 0.15) is 86.6 Å². The number of rotatable bonds is 1. The summed E-state index contributed by atoms with van der Waals surface area (Å²) in [6.07, 6.45) is 10.3. The lowest BCUT2D eigenvalue weighted by Crippen LogP contribution is -2.55. The zero-order valence-corrected chi connectivity index (χ0v) is 25.4. The second-order valence-electron chi connectivity index (χ2n) is 12.5. The molecule has 6 heterocycles. The first-order valence-electron chi connectivity index (χ1n) is 13.6. The standard InChI is InChI=1S/C29H36ClN2O2PS2/c1-18-6-10-31-20-15-29(8-5-9-29)32(16-20)37(34,28(2,3)4)35-11-7-22(27-25(35)14-21(17-33)36-27)24-13-19(30)12-23(18)26(24)31/h7,11-14,18,20,33H,5-6,8-10,15-17H2,1-4H3/t18-,20-,37?/m0/s1. The maximum absolute atomic E-state index is 15.9. The quantitative estimate of drug-likeness (QED) is 0.230. The van der Waals surface area contributed by atoms with Crippen molar-refractivity contribution in [3.63, 3.8) is 0 Å². The second-order valence-corrected chi connectivity index (χ2v) is 20.8. The number of anilines is 1. The number of hydrogen-bond acceptors (Lipinski definition) is 3. The van der Waals surface area contributed by atoms with Crippen LogP contribution in [0, 0.1) is 6.16 Å². The van der Waals surface area contributed by atoms with Gasteiger partial charge in [-0.05, 0) is 76.6 Å². The molecular formula is C29H36ClN2O2PS2. The lowest BCUT2D eigenvalue weighted by atomic mass is 9.75. The van der Waals surface area contributed by atoms with Gasteiger partial charge in [-0.15, -0.1) is 0 Å². The van der Waals surface area contributed by atoms with Crippen LogP contribution in [0.15, 0.2) is 24.3 Å². The summed E-state index contributed by atoms with van der Waals surface area (Å²) in [5.41, 5.74) is 5.10. The fourth-order valence-corrected chi connectivity index (χ4v) is 18.4. The Morgan fingerprint density at radius 2 is 2.14 bits per heavy atom. The van der Waals surface area contributed by atoms with E-state index in [1.807, 2.05) is 0 Å². The SMILES string of the molecule is C[C@H]1CCN2c3c(cc(Cl)cc31)C1=C[CH-][P+](=S(=O)(C(C)(C)C)N3C[C@@H]2CC32CCC2)c2c[c-](CO)[s+]c21. The lowest BCUT2D eigenvalue weighted by Gasteiger charge is -2.48. The number of nitrogens with zero attached hydrogens (tertiary/aromatic N) is 2. The number of benzene rings is 1. The highest BCUT2D eigenvalue weighted by atomic mass is 35.5. The molecule has 1 aliphatic carbocycles. The second kappa shape index (κ2) is 8.25. The molecule has 8 rings (SSSR count). The molecule has 198 valence electrons. The van der Waals surface area contributed by atoms with Crippen LogP contribution in [0.4, 0.5) is 5.69 Å². The molecule has 0 radical (unpaired) electrons. The minimum atomic E-state index is -2.46. The fraction of sp³-hybridized carbons (Fsp3) is 0.552. The van der Waals surface area contributed by atoms with Crippen molar-refractivity contribution in [3.8, 4) is 0 Å². The zero-order valence-electron chi connectivity index (χ0n) is 22.1. The Kier molecular flexibility index (Phi) is 5.57. The number of fused-ring (bicyclic) bond motifs is 1. The third kappa shape index (κ3) is 3.33. The molecular weight excluding hydrogens is 539 g/mol. The van der Waals surface area contributed by atoms with E-state index < -0.39 is 16.0 Å². The van der Waals surface area contributed by atoms with E-state index in [9.17, 15) is 5.11 Å². The topological polar surface area (TPSA) is 43.8 Å². The summed E-state index contributed by atoms with van der Waals surface area (Å²) in [5, 5.41) is 12.2. The van der Waals surface area contributed by atoms with Crippen LogP contribution in [0.25, 0.3) is 5.57 Å². The smallest absolute Gasteiger partial charge is 0.159 e. The van der Waals surface area contributed by atoms with E-state index in [1.165, 1.54) is 39.0 Å². The summed E-state index contributed by atoms with van der Waals surface area (Å²) in [6, 6.07) is 6.87. The van der Waals surface area contributed by atoms with Gasteiger partial charge in [-0.2, -0.15) is 16.0 Å². The molecule has 4 nitrogen and oxygen atoms in total. The van der Waals surface area contributed by atoms with Gasteiger partial charge in [-0.1, -0.05) is 36.2 Å². The van der Waals surface area contributed by atoms with Gasteiger partial charge in [0.05, 0.1) is 39.6 Å². The minimum absolute atomic E-state index is 0.0113. The van der Waals surface area contributed by atoms with Crippen molar-refractivity contribution >= 4 is 55.5 Å². The third-order valence-electron chi connectivity index (χ3n) is 9.40. The predicted octanol–water partition coefficient (Wildman–Crippen LogP) is 6.85. The van der Waals surface area contributed by atoms with Crippen molar-refractivity contribution in [2.75, 3.05) is 18.0 Å². The Morgan fingerprint density at radius 3 is 2.81 bits per heavy atom. The normalized spacial score (nSPS) is 32.3. The molecule has 37 heavy (non-hydrogen) atoms. The average Bonchev–Trinajstić information content (AvgIpc) is 3.44. The molecule has 1 aromatic heterocycles. The molecule has 5 atom stereocenters. The Balaban J connectivity index is 1.62. The van der Waals surface area contributed by atoms with Crippen LogP contribution in [-0.2, 0) is 15.9 Å². The highest BCUT2D eigenvalue weighted by Gasteiger charge is 2.59. The molecule has 2 aromatic rings. The van der Waals surface area contributed by atoms with Crippen LogP contribution in [0.2, 0.25) is 5.02 Å².